The van der Waals surface area contributed by atoms with Crippen molar-refractivity contribution < 1.29 is 9.59 Å². The van der Waals surface area contributed by atoms with Crippen molar-refractivity contribution in [2.24, 2.45) is 0 Å². The number of nitrogens with zero attached hydrogens (tertiary/aromatic N) is 4. The molecular formula is C19H26N6O2. The third-order valence-electron chi connectivity index (χ3n) is 5.45. The van der Waals surface area contributed by atoms with Gasteiger partial charge in [-0.1, -0.05) is 18.1 Å². The molecule has 0 atom stereocenters. The van der Waals surface area contributed by atoms with Gasteiger partial charge in [-0.15, -0.1) is 5.10 Å². The molecular weight excluding hydrogens is 344 g/mol. The van der Waals surface area contributed by atoms with Crippen molar-refractivity contribution in [1.82, 2.24) is 30.5 Å². The molecule has 2 fully saturated rings. The lowest BCUT2D eigenvalue weighted by molar-refractivity contribution is 0.0793. The van der Waals surface area contributed by atoms with Gasteiger partial charge in [0.25, 0.3) is 5.91 Å². The van der Waals surface area contributed by atoms with Crippen LogP contribution in [0, 0.1) is 0 Å². The van der Waals surface area contributed by atoms with Crippen LogP contribution in [0.2, 0.25) is 0 Å². The summed E-state index contributed by atoms with van der Waals surface area (Å²) in [5, 5.41) is 14.2. The lowest BCUT2D eigenvalue weighted by atomic mass is 10.1. The second-order valence-corrected chi connectivity index (χ2v) is 7.40. The monoisotopic (exact) mass is 370 g/mol. The summed E-state index contributed by atoms with van der Waals surface area (Å²) in [6.45, 7) is 2.68. The number of carbonyl (C=O) groups excluding carboxylic acids is 2. The van der Waals surface area contributed by atoms with Gasteiger partial charge in [0.15, 0.2) is 0 Å². The third-order valence-corrected chi connectivity index (χ3v) is 5.45. The summed E-state index contributed by atoms with van der Waals surface area (Å²) in [6.07, 6.45) is 6.67. The second kappa shape index (κ2) is 7.94. The molecule has 27 heavy (non-hydrogen) atoms. The van der Waals surface area contributed by atoms with Crippen LogP contribution in [0.5, 0.6) is 0 Å². The van der Waals surface area contributed by atoms with E-state index in [1.807, 2.05) is 17.0 Å². The first-order chi connectivity index (χ1) is 13.2. The van der Waals surface area contributed by atoms with Crippen LogP contribution in [0.3, 0.4) is 0 Å². The van der Waals surface area contributed by atoms with E-state index < -0.39 is 0 Å². The van der Waals surface area contributed by atoms with Gasteiger partial charge < -0.3 is 15.5 Å². The van der Waals surface area contributed by atoms with E-state index in [2.05, 4.69) is 20.9 Å². The van der Waals surface area contributed by atoms with Gasteiger partial charge in [0.05, 0.1) is 12.1 Å². The topological polar surface area (TPSA) is 92.1 Å². The fourth-order valence-corrected chi connectivity index (χ4v) is 3.96. The zero-order chi connectivity index (χ0) is 18.6. The average Bonchev–Trinajstić information content (AvgIpc) is 3.43. The van der Waals surface area contributed by atoms with Crippen LogP contribution in [0.1, 0.15) is 48.9 Å². The summed E-state index contributed by atoms with van der Waals surface area (Å²) >= 11 is 0. The largest absolute Gasteiger partial charge is 0.339 e. The van der Waals surface area contributed by atoms with Crippen molar-refractivity contribution in [3.05, 3.63) is 23.8 Å². The van der Waals surface area contributed by atoms with Crippen LogP contribution in [0.4, 0.5) is 4.79 Å². The molecule has 8 heteroatoms. The van der Waals surface area contributed by atoms with E-state index in [1.165, 1.54) is 12.8 Å². The quantitative estimate of drug-likeness (QED) is 0.841. The van der Waals surface area contributed by atoms with Crippen LogP contribution in [-0.4, -0.2) is 57.5 Å². The Bertz CT molecular complexity index is 821. The minimum absolute atomic E-state index is 0.0641. The molecule has 2 aliphatic rings. The molecule has 1 aromatic heterocycles. The zero-order valence-corrected chi connectivity index (χ0v) is 15.5. The number of carbonyl (C=O) groups is 2. The maximum absolute atomic E-state index is 12.5. The molecule has 1 aromatic carbocycles. The van der Waals surface area contributed by atoms with Gasteiger partial charge in [-0.05, 0) is 43.9 Å². The summed E-state index contributed by atoms with van der Waals surface area (Å²) in [4.78, 5) is 26.3. The first kappa shape index (κ1) is 17.8. The van der Waals surface area contributed by atoms with Gasteiger partial charge in [-0.25, -0.2) is 9.48 Å². The van der Waals surface area contributed by atoms with Crippen molar-refractivity contribution in [2.75, 3.05) is 19.6 Å². The molecule has 3 amide bonds. The van der Waals surface area contributed by atoms with Gasteiger partial charge in [0, 0.05) is 31.2 Å². The molecule has 2 heterocycles. The van der Waals surface area contributed by atoms with Crippen molar-refractivity contribution in [2.45, 2.75) is 51.1 Å². The van der Waals surface area contributed by atoms with E-state index in [0.717, 1.165) is 44.3 Å². The Labute approximate surface area is 158 Å². The van der Waals surface area contributed by atoms with E-state index >= 15 is 0 Å². The van der Waals surface area contributed by atoms with Crippen LogP contribution in [-0.2, 0) is 6.54 Å². The van der Waals surface area contributed by atoms with Crippen LogP contribution in [0.15, 0.2) is 18.2 Å². The Balaban J connectivity index is 1.34. The smallest absolute Gasteiger partial charge is 0.315 e. The zero-order valence-electron chi connectivity index (χ0n) is 15.5. The average molecular weight is 370 g/mol. The maximum Gasteiger partial charge on any atom is 0.315 e. The number of amides is 3. The van der Waals surface area contributed by atoms with E-state index in [1.54, 1.807) is 10.7 Å². The molecule has 2 N–H and O–H groups in total. The molecule has 1 saturated heterocycles. The van der Waals surface area contributed by atoms with Crippen LogP contribution in [0.25, 0.3) is 11.0 Å². The molecule has 1 saturated carbocycles. The second-order valence-electron chi connectivity index (χ2n) is 7.40. The van der Waals surface area contributed by atoms with E-state index in [9.17, 15) is 9.59 Å². The standard InChI is InChI=1S/C19H26N6O2/c26-18(24-10-3-4-11-24)14-7-8-17-16(13-14)22-23-25(17)12-9-20-19(27)21-15-5-1-2-6-15/h7-8,13,15H,1-6,9-12H2,(H2,20,21,27). The molecule has 4 rings (SSSR count). The number of hydrogen-bond acceptors (Lipinski definition) is 4. The van der Waals surface area contributed by atoms with Gasteiger partial charge in [-0.3, -0.25) is 4.79 Å². The van der Waals surface area contributed by atoms with Crippen molar-refractivity contribution in [1.29, 1.82) is 0 Å². The summed E-state index contributed by atoms with van der Waals surface area (Å²) < 4.78 is 1.76. The summed E-state index contributed by atoms with van der Waals surface area (Å²) in [5.74, 6) is 0.0641. The number of benzene rings is 1. The summed E-state index contributed by atoms with van der Waals surface area (Å²) in [7, 11) is 0. The molecule has 0 radical (unpaired) electrons. The summed E-state index contributed by atoms with van der Waals surface area (Å²) in [5.41, 5.74) is 2.23. The molecule has 1 aliphatic carbocycles. The highest BCUT2D eigenvalue weighted by atomic mass is 16.2. The minimum Gasteiger partial charge on any atom is -0.339 e. The van der Waals surface area contributed by atoms with Gasteiger partial charge in [0.2, 0.25) is 0 Å². The number of likely N-dealkylation sites (tertiary alicyclic amines) is 1. The number of nitrogens with one attached hydrogen (secondary N) is 2. The molecule has 0 bridgehead atoms. The molecule has 2 aromatic rings. The van der Waals surface area contributed by atoms with E-state index in [0.29, 0.717) is 30.2 Å². The number of aromatic nitrogens is 3. The molecule has 8 nitrogen and oxygen atoms in total. The fourth-order valence-electron chi connectivity index (χ4n) is 3.96. The van der Waals surface area contributed by atoms with Crippen LogP contribution >= 0.6 is 0 Å². The van der Waals surface area contributed by atoms with Gasteiger partial charge in [0.1, 0.15) is 5.52 Å². The number of fused-ring (bicyclic) bond motifs is 1. The summed E-state index contributed by atoms with van der Waals surface area (Å²) in [6, 6.07) is 5.72. The Morgan fingerprint density at radius 3 is 2.67 bits per heavy atom. The maximum atomic E-state index is 12.5. The van der Waals surface area contributed by atoms with E-state index in [-0.39, 0.29) is 11.9 Å². The normalized spacial score (nSPS) is 17.6. The van der Waals surface area contributed by atoms with Gasteiger partial charge in [-0.2, -0.15) is 0 Å². The minimum atomic E-state index is -0.121. The Hall–Kier alpha value is -2.64. The Kier molecular flexibility index (Phi) is 5.22. The highest BCUT2D eigenvalue weighted by molar-refractivity contribution is 5.97. The number of rotatable bonds is 5. The molecule has 1 aliphatic heterocycles. The van der Waals surface area contributed by atoms with Crippen molar-refractivity contribution >= 4 is 23.0 Å². The van der Waals surface area contributed by atoms with Crippen molar-refractivity contribution in [3.8, 4) is 0 Å². The molecule has 0 unspecified atom stereocenters. The van der Waals surface area contributed by atoms with Gasteiger partial charge >= 0.3 is 6.03 Å². The molecule has 0 spiro atoms. The SMILES string of the molecule is O=C(NCCn1nnc2cc(C(=O)N3CCCC3)ccc21)NC1CCCC1. The third kappa shape index (κ3) is 4.04. The Morgan fingerprint density at radius 2 is 1.89 bits per heavy atom. The van der Waals surface area contributed by atoms with Crippen LogP contribution < -0.4 is 10.6 Å². The number of urea groups is 1. The van der Waals surface area contributed by atoms with E-state index in [4.69, 9.17) is 0 Å². The number of hydrogen-bond donors (Lipinski definition) is 2. The first-order valence-electron chi connectivity index (χ1n) is 9.87. The lowest BCUT2D eigenvalue weighted by Crippen LogP contribution is -2.42. The predicted molar refractivity (Wildman–Crippen MR) is 101 cm³/mol. The highest BCUT2D eigenvalue weighted by Crippen LogP contribution is 2.18. The predicted octanol–water partition coefficient (Wildman–Crippen LogP) is 1.91. The fraction of sp³-hybridized carbons (Fsp3) is 0.579. The Morgan fingerprint density at radius 1 is 1.11 bits per heavy atom. The lowest BCUT2D eigenvalue weighted by Gasteiger charge is -2.15. The van der Waals surface area contributed by atoms with Crippen molar-refractivity contribution in [3.63, 3.8) is 0 Å². The molecule has 144 valence electrons. The highest BCUT2D eigenvalue weighted by Gasteiger charge is 2.20. The first-order valence-corrected chi connectivity index (χ1v) is 9.87.